The molecule has 0 saturated carbocycles. The van der Waals surface area contributed by atoms with E-state index in [1.807, 2.05) is 0 Å². The first-order chi connectivity index (χ1) is 6.07. The summed E-state index contributed by atoms with van der Waals surface area (Å²) in [7, 11) is 0. The lowest BCUT2D eigenvalue weighted by Gasteiger charge is -2.18. The van der Waals surface area contributed by atoms with Crippen LogP contribution in [0.15, 0.2) is 29.6 Å². The molecular formula is C12H14S. The number of rotatable bonds is 0. The van der Waals surface area contributed by atoms with Crippen LogP contribution < -0.4 is 0 Å². The highest BCUT2D eigenvalue weighted by molar-refractivity contribution is 7.17. The summed E-state index contributed by atoms with van der Waals surface area (Å²) in [4.78, 5) is 0. The lowest BCUT2D eigenvalue weighted by molar-refractivity contribution is 0.591. The smallest absolute Gasteiger partial charge is 0.0342 e. The number of thiophene rings is 1. The Labute approximate surface area is 83.2 Å². The molecule has 0 radical (unpaired) electrons. The largest absolute Gasteiger partial charge is 0.144 e. The van der Waals surface area contributed by atoms with Gasteiger partial charge in [0.25, 0.3) is 0 Å². The Morgan fingerprint density at radius 1 is 1.08 bits per heavy atom. The molecule has 1 aromatic carbocycles. The molecule has 0 fully saturated rings. The molecule has 2 aromatic rings. The van der Waals surface area contributed by atoms with Crippen LogP contribution in [0.25, 0.3) is 10.1 Å². The topological polar surface area (TPSA) is 0 Å². The van der Waals surface area contributed by atoms with Crippen LogP contribution in [0.1, 0.15) is 26.3 Å². The van der Waals surface area contributed by atoms with Gasteiger partial charge in [-0.05, 0) is 39.9 Å². The van der Waals surface area contributed by atoms with Crippen LogP contribution in [-0.4, -0.2) is 0 Å². The normalized spacial score (nSPS) is 12.2. The maximum absolute atomic E-state index is 2.30. The summed E-state index contributed by atoms with van der Waals surface area (Å²) < 4.78 is 1.38. The van der Waals surface area contributed by atoms with Gasteiger partial charge in [0.15, 0.2) is 0 Å². The zero-order valence-electron chi connectivity index (χ0n) is 8.29. The van der Waals surface area contributed by atoms with E-state index >= 15 is 0 Å². The molecule has 0 spiro atoms. The maximum atomic E-state index is 2.30. The molecule has 2 rings (SSSR count). The average Bonchev–Trinajstić information content (AvgIpc) is 2.47. The second-order valence-electron chi connectivity index (χ2n) is 4.42. The fourth-order valence-corrected chi connectivity index (χ4v) is 2.20. The third kappa shape index (κ3) is 1.61. The summed E-state index contributed by atoms with van der Waals surface area (Å²) in [6, 6.07) is 8.94. The highest BCUT2D eigenvalue weighted by Crippen LogP contribution is 2.28. The number of fused-ring (bicyclic) bond motifs is 1. The van der Waals surface area contributed by atoms with Gasteiger partial charge in [0.05, 0.1) is 0 Å². The number of hydrogen-bond donors (Lipinski definition) is 0. The van der Waals surface area contributed by atoms with Crippen molar-refractivity contribution >= 4 is 21.4 Å². The van der Waals surface area contributed by atoms with Crippen molar-refractivity contribution in [3.05, 3.63) is 35.2 Å². The second kappa shape index (κ2) is 2.85. The van der Waals surface area contributed by atoms with Crippen LogP contribution in [0.4, 0.5) is 0 Å². The van der Waals surface area contributed by atoms with Crippen molar-refractivity contribution in [3.8, 4) is 0 Å². The van der Waals surface area contributed by atoms with Crippen LogP contribution in [0.3, 0.4) is 0 Å². The Morgan fingerprint density at radius 2 is 1.85 bits per heavy atom. The molecule has 68 valence electrons. The third-order valence-electron chi connectivity index (χ3n) is 2.32. The molecule has 0 nitrogen and oxygen atoms in total. The molecule has 0 aliphatic heterocycles. The van der Waals surface area contributed by atoms with E-state index in [0.29, 0.717) is 0 Å². The van der Waals surface area contributed by atoms with E-state index in [9.17, 15) is 0 Å². The summed E-state index contributed by atoms with van der Waals surface area (Å²) in [6.07, 6.45) is 0. The SMILES string of the molecule is CC(C)(C)c1ccc2sccc2c1. The van der Waals surface area contributed by atoms with Gasteiger partial charge in [-0.25, -0.2) is 0 Å². The Hall–Kier alpha value is -0.820. The summed E-state index contributed by atoms with van der Waals surface area (Å²) in [5.41, 5.74) is 1.68. The Balaban J connectivity index is 2.61. The van der Waals surface area contributed by atoms with Crippen molar-refractivity contribution in [3.63, 3.8) is 0 Å². The first-order valence-electron chi connectivity index (χ1n) is 4.55. The van der Waals surface area contributed by atoms with Crippen molar-refractivity contribution in [2.24, 2.45) is 0 Å². The Kier molecular flexibility index (Phi) is 1.92. The molecule has 0 aliphatic carbocycles. The second-order valence-corrected chi connectivity index (χ2v) is 5.37. The van der Waals surface area contributed by atoms with Gasteiger partial charge in [0.1, 0.15) is 0 Å². The maximum Gasteiger partial charge on any atom is 0.0342 e. The van der Waals surface area contributed by atoms with E-state index in [1.54, 1.807) is 11.3 Å². The molecule has 0 atom stereocenters. The van der Waals surface area contributed by atoms with E-state index in [4.69, 9.17) is 0 Å². The van der Waals surface area contributed by atoms with Gasteiger partial charge in [-0.3, -0.25) is 0 Å². The lowest BCUT2D eigenvalue weighted by Crippen LogP contribution is -2.10. The van der Waals surface area contributed by atoms with Gasteiger partial charge < -0.3 is 0 Å². The molecular weight excluding hydrogens is 176 g/mol. The van der Waals surface area contributed by atoms with Crippen molar-refractivity contribution < 1.29 is 0 Å². The molecule has 0 bridgehead atoms. The van der Waals surface area contributed by atoms with Gasteiger partial charge in [0.2, 0.25) is 0 Å². The fourth-order valence-electron chi connectivity index (χ4n) is 1.43. The van der Waals surface area contributed by atoms with E-state index in [2.05, 4.69) is 50.4 Å². The van der Waals surface area contributed by atoms with Crippen molar-refractivity contribution in [1.82, 2.24) is 0 Å². The van der Waals surface area contributed by atoms with Crippen molar-refractivity contribution in [2.45, 2.75) is 26.2 Å². The highest BCUT2D eigenvalue weighted by Gasteiger charge is 2.13. The van der Waals surface area contributed by atoms with Crippen molar-refractivity contribution in [1.29, 1.82) is 0 Å². The molecule has 1 heteroatoms. The Bertz CT molecular complexity index is 418. The molecule has 1 heterocycles. The first-order valence-corrected chi connectivity index (χ1v) is 5.43. The molecule has 0 saturated heterocycles. The standard InChI is InChI=1S/C12H14S/c1-12(2,3)10-4-5-11-9(8-10)6-7-13-11/h4-8H,1-3H3. The van der Waals surface area contributed by atoms with Gasteiger partial charge in [-0.1, -0.05) is 26.8 Å². The van der Waals surface area contributed by atoms with Crippen LogP contribution in [-0.2, 0) is 5.41 Å². The summed E-state index contributed by atoms with van der Waals surface area (Å²) >= 11 is 1.81. The summed E-state index contributed by atoms with van der Waals surface area (Å²) in [6.45, 7) is 6.75. The van der Waals surface area contributed by atoms with E-state index in [0.717, 1.165) is 0 Å². The minimum atomic E-state index is 0.260. The lowest BCUT2D eigenvalue weighted by atomic mass is 9.87. The Morgan fingerprint density at radius 3 is 2.54 bits per heavy atom. The molecule has 0 unspecified atom stereocenters. The summed E-state index contributed by atoms with van der Waals surface area (Å²) in [5, 5.41) is 3.52. The van der Waals surface area contributed by atoms with E-state index in [-0.39, 0.29) is 5.41 Å². The van der Waals surface area contributed by atoms with Crippen LogP contribution in [0.2, 0.25) is 0 Å². The monoisotopic (exact) mass is 190 g/mol. The van der Waals surface area contributed by atoms with Gasteiger partial charge in [-0.2, -0.15) is 0 Å². The predicted molar refractivity (Wildman–Crippen MR) is 60.5 cm³/mol. The van der Waals surface area contributed by atoms with E-state index < -0.39 is 0 Å². The fraction of sp³-hybridized carbons (Fsp3) is 0.333. The number of benzene rings is 1. The van der Waals surface area contributed by atoms with Crippen molar-refractivity contribution in [2.75, 3.05) is 0 Å². The summed E-state index contributed by atoms with van der Waals surface area (Å²) in [5.74, 6) is 0. The van der Waals surface area contributed by atoms with Gasteiger partial charge in [-0.15, -0.1) is 11.3 Å². The molecule has 13 heavy (non-hydrogen) atoms. The molecule has 0 N–H and O–H groups in total. The minimum absolute atomic E-state index is 0.260. The van der Waals surface area contributed by atoms with Crippen LogP contribution >= 0.6 is 11.3 Å². The molecule has 0 aliphatic rings. The molecule has 1 aromatic heterocycles. The molecule has 0 amide bonds. The van der Waals surface area contributed by atoms with Gasteiger partial charge in [0, 0.05) is 4.70 Å². The van der Waals surface area contributed by atoms with Crippen LogP contribution in [0.5, 0.6) is 0 Å². The quantitative estimate of drug-likeness (QED) is 0.584. The number of hydrogen-bond acceptors (Lipinski definition) is 1. The zero-order chi connectivity index (χ0) is 9.47. The zero-order valence-corrected chi connectivity index (χ0v) is 9.11. The van der Waals surface area contributed by atoms with Crippen LogP contribution in [0, 0.1) is 0 Å². The third-order valence-corrected chi connectivity index (χ3v) is 3.22. The minimum Gasteiger partial charge on any atom is -0.144 e. The van der Waals surface area contributed by atoms with Gasteiger partial charge >= 0.3 is 0 Å². The van der Waals surface area contributed by atoms with E-state index in [1.165, 1.54) is 15.6 Å². The first kappa shape index (κ1) is 8.76. The highest BCUT2D eigenvalue weighted by atomic mass is 32.1. The predicted octanol–water partition coefficient (Wildman–Crippen LogP) is 4.20. The average molecular weight is 190 g/mol.